The van der Waals surface area contributed by atoms with Gasteiger partial charge < -0.3 is 15.5 Å². The van der Waals surface area contributed by atoms with Gasteiger partial charge in [-0.3, -0.25) is 0 Å². The molecule has 0 saturated heterocycles. The molecule has 0 radical (unpaired) electrons. The molecule has 1 saturated carbocycles. The van der Waals surface area contributed by atoms with Crippen LogP contribution < -0.4 is 16.8 Å². The number of nitrogens with two attached hydrogens (primary N) is 1. The van der Waals surface area contributed by atoms with Gasteiger partial charge in [0.1, 0.15) is 0 Å². The quantitative estimate of drug-likeness (QED) is 0.706. The summed E-state index contributed by atoms with van der Waals surface area (Å²) in [6.07, 6.45) is 1.99. The van der Waals surface area contributed by atoms with Gasteiger partial charge in [-0.2, -0.15) is 0 Å². The Morgan fingerprint density at radius 1 is 1.38 bits per heavy atom. The molecule has 134 valence electrons. The molecule has 1 fully saturated rings. The second-order valence-electron chi connectivity index (χ2n) is 5.66. The number of aromatic amines is 1. The number of anilines is 1. The van der Waals surface area contributed by atoms with Gasteiger partial charge in [-0.1, -0.05) is 23.2 Å². The van der Waals surface area contributed by atoms with E-state index in [1.807, 2.05) is 0 Å². The molecule has 6 nitrogen and oxygen atoms in total. The third-order valence-electron chi connectivity index (χ3n) is 4.01. The number of nitrogens with zero attached hydrogens (tertiary/aromatic N) is 1. The molecule has 24 heavy (non-hydrogen) atoms. The zero-order valence-electron chi connectivity index (χ0n) is 12.7. The Bertz CT molecular complexity index is 743. The third kappa shape index (κ3) is 4.37. The summed E-state index contributed by atoms with van der Waals surface area (Å²) in [4.78, 5) is 11.1. The second kappa shape index (κ2) is 8.45. The first-order valence-corrected chi connectivity index (χ1v) is 7.76. The maximum Gasteiger partial charge on any atom is 0.434 e. The van der Waals surface area contributed by atoms with Gasteiger partial charge in [0.05, 0.1) is 15.7 Å². The Morgan fingerprint density at radius 2 is 2.04 bits per heavy atom. The molecule has 0 bridgehead atoms. The van der Waals surface area contributed by atoms with Gasteiger partial charge in [0, 0.05) is 17.6 Å². The molecule has 1 atom stereocenters. The van der Waals surface area contributed by atoms with Crippen molar-refractivity contribution in [2.45, 2.75) is 31.8 Å². The monoisotopic (exact) mass is 414 g/mol. The molecule has 1 heterocycles. The van der Waals surface area contributed by atoms with Crippen LogP contribution in [0.15, 0.2) is 21.3 Å². The Kier molecular flexibility index (Phi) is 7.44. The molecule has 2 aromatic rings. The second-order valence-corrected chi connectivity index (χ2v) is 6.45. The number of hydrogen-bond acceptors (Lipinski definition) is 5. The van der Waals surface area contributed by atoms with Gasteiger partial charge in [-0.05, 0) is 37.8 Å². The number of benzene rings is 1. The highest BCUT2D eigenvalue weighted by atomic mass is 35.5. The molecule has 0 unspecified atom stereocenters. The van der Waals surface area contributed by atoms with Crippen LogP contribution in [0, 0.1) is 5.92 Å². The minimum Gasteiger partial charge on any atom is -0.388 e. The highest BCUT2D eigenvalue weighted by Gasteiger charge is 2.30. The molecule has 3 rings (SSSR count). The first-order chi connectivity index (χ1) is 10.4. The van der Waals surface area contributed by atoms with Crippen LogP contribution in [0.3, 0.4) is 0 Å². The number of nitrogens with one attached hydrogen (secondary N) is 2. The lowest BCUT2D eigenvalue weighted by atomic mass is 9.76. The molecule has 10 heteroatoms. The van der Waals surface area contributed by atoms with E-state index in [-0.39, 0.29) is 42.8 Å². The van der Waals surface area contributed by atoms with Gasteiger partial charge in [0.25, 0.3) is 0 Å². The van der Waals surface area contributed by atoms with Crippen molar-refractivity contribution in [2.24, 2.45) is 11.7 Å². The molecule has 1 aromatic carbocycles. The fraction of sp³-hybridized carbons (Fsp3) is 0.429. The minimum absolute atomic E-state index is 0. The lowest BCUT2D eigenvalue weighted by Crippen LogP contribution is -2.43. The molecule has 1 aliphatic carbocycles. The Labute approximate surface area is 161 Å². The SMILES string of the molecule is C[C@H](Nc1cc(-c2n[nH]c(=O)o2)cc(Cl)c1Cl)C1CC(N)C1.Cl.Cl. The van der Waals surface area contributed by atoms with E-state index in [9.17, 15) is 4.79 Å². The van der Waals surface area contributed by atoms with E-state index in [2.05, 4.69) is 22.4 Å². The fourth-order valence-corrected chi connectivity index (χ4v) is 3.03. The van der Waals surface area contributed by atoms with E-state index >= 15 is 0 Å². The molecule has 1 aliphatic rings. The van der Waals surface area contributed by atoms with Crippen LogP contribution in [0.1, 0.15) is 19.8 Å². The lowest BCUT2D eigenvalue weighted by Gasteiger charge is -2.37. The summed E-state index contributed by atoms with van der Waals surface area (Å²) in [6.45, 7) is 2.09. The number of H-pyrrole nitrogens is 1. The van der Waals surface area contributed by atoms with Crippen LogP contribution in [0.2, 0.25) is 10.0 Å². The van der Waals surface area contributed by atoms with Gasteiger partial charge in [-0.15, -0.1) is 29.9 Å². The number of rotatable bonds is 4. The Balaban J connectivity index is 0.00000144. The highest BCUT2D eigenvalue weighted by Crippen LogP contribution is 2.37. The zero-order chi connectivity index (χ0) is 15.9. The van der Waals surface area contributed by atoms with Crippen LogP contribution in [-0.2, 0) is 0 Å². The Hall–Kier alpha value is -0.920. The average Bonchev–Trinajstić information content (AvgIpc) is 2.86. The van der Waals surface area contributed by atoms with E-state index in [1.165, 1.54) is 0 Å². The van der Waals surface area contributed by atoms with Crippen molar-refractivity contribution < 1.29 is 4.42 Å². The van der Waals surface area contributed by atoms with E-state index in [1.54, 1.807) is 12.1 Å². The van der Waals surface area contributed by atoms with Crippen molar-refractivity contribution >= 4 is 53.7 Å². The average molecular weight is 416 g/mol. The smallest absolute Gasteiger partial charge is 0.388 e. The summed E-state index contributed by atoms with van der Waals surface area (Å²) in [5.41, 5.74) is 7.09. The number of halogens is 4. The first kappa shape index (κ1) is 21.1. The summed E-state index contributed by atoms with van der Waals surface area (Å²) in [6, 6.07) is 3.88. The summed E-state index contributed by atoms with van der Waals surface area (Å²) in [5, 5.41) is 10.2. The number of hydrogen-bond donors (Lipinski definition) is 3. The van der Waals surface area contributed by atoms with E-state index < -0.39 is 5.76 Å². The third-order valence-corrected chi connectivity index (χ3v) is 4.82. The van der Waals surface area contributed by atoms with Crippen molar-refractivity contribution in [2.75, 3.05) is 5.32 Å². The van der Waals surface area contributed by atoms with Gasteiger partial charge in [0.2, 0.25) is 5.89 Å². The van der Waals surface area contributed by atoms with Gasteiger partial charge in [-0.25, -0.2) is 9.89 Å². The lowest BCUT2D eigenvalue weighted by molar-refractivity contribution is 0.241. The standard InChI is InChI=1S/C14H16Cl2N4O2.2ClH/c1-6(7-2-9(17)3-7)18-11-5-8(4-10(15)12(11)16)13-19-20-14(21)22-13;;/h4-7,9,18H,2-3,17H2,1H3,(H,20,21);2*1H/t6-,7?,9?;;/m0../s1. The predicted molar refractivity (Wildman–Crippen MR) is 101 cm³/mol. The van der Waals surface area contributed by atoms with Crippen LogP contribution in [0.25, 0.3) is 11.5 Å². The van der Waals surface area contributed by atoms with Crippen LogP contribution in [0.4, 0.5) is 5.69 Å². The van der Waals surface area contributed by atoms with E-state index in [0.717, 1.165) is 12.8 Å². The first-order valence-electron chi connectivity index (χ1n) is 7.01. The van der Waals surface area contributed by atoms with E-state index in [0.29, 0.717) is 27.2 Å². The summed E-state index contributed by atoms with van der Waals surface area (Å²) in [5.74, 6) is 0.0640. The van der Waals surface area contributed by atoms with Crippen molar-refractivity contribution in [1.29, 1.82) is 0 Å². The van der Waals surface area contributed by atoms with Crippen molar-refractivity contribution in [3.05, 3.63) is 32.7 Å². The molecule has 0 aliphatic heterocycles. The maximum absolute atomic E-state index is 11.1. The molecule has 0 amide bonds. The van der Waals surface area contributed by atoms with Crippen molar-refractivity contribution in [3.8, 4) is 11.5 Å². The molecule has 0 spiro atoms. The van der Waals surface area contributed by atoms with Crippen LogP contribution in [-0.4, -0.2) is 22.3 Å². The summed E-state index contributed by atoms with van der Waals surface area (Å²) < 4.78 is 4.95. The van der Waals surface area contributed by atoms with E-state index in [4.69, 9.17) is 33.4 Å². The molecular weight excluding hydrogens is 398 g/mol. The minimum atomic E-state index is -0.618. The number of aromatic nitrogens is 2. The predicted octanol–water partition coefficient (Wildman–Crippen LogP) is 3.72. The van der Waals surface area contributed by atoms with Gasteiger partial charge >= 0.3 is 5.76 Å². The summed E-state index contributed by atoms with van der Waals surface area (Å²) in [7, 11) is 0. The maximum atomic E-state index is 11.1. The topological polar surface area (TPSA) is 96.9 Å². The molecular formula is C14H18Cl4N4O2. The highest BCUT2D eigenvalue weighted by molar-refractivity contribution is 6.44. The fourth-order valence-electron chi connectivity index (χ4n) is 2.65. The summed E-state index contributed by atoms with van der Waals surface area (Å²) >= 11 is 12.4. The van der Waals surface area contributed by atoms with Crippen molar-refractivity contribution in [3.63, 3.8) is 0 Å². The largest absolute Gasteiger partial charge is 0.434 e. The normalized spacial score (nSPS) is 20.3. The van der Waals surface area contributed by atoms with Gasteiger partial charge in [0.15, 0.2) is 0 Å². The molecule has 4 N–H and O–H groups in total. The van der Waals surface area contributed by atoms with Crippen LogP contribution in [0.5, 0.6) is 0 Å². The Morgan fingerprint density at radius 3 is 2.58 bits per heavy atom. The van der Waals surface area contributed by atoms with Crippen molar-refractivity contribution in [1.82, 2.24) is 10.2 Å². The zero-order valence-corrected chi connectivity index (χ0v) is 15.9. The van der Waals surface area contributed by atoms with Crippen LogP contribution >= 0.6 is 48.0 Å². The molecule has 1 aromatic heterocycles.